The van der Waals surface area contributed by atoms with Gasteiger partial charge in [-0.1, -0.05) is 24.3 Å². The molecule has 4 heterocycles. The van der Waals surface area contributed by atoms with Gasteiger partial charge in [0.25, 0.3) is 5.91 Å². The molecular weight excluding hydrogens is 418 g/mol. The number of carbonyl (C=O) groups excluding carboxylic acids is 1. The van der Waals surface area contributed by atoms with Crippen molar-refractivity contribution in [3.63, 3.8) is 0 Å². The van der Waals surface area contributed by atoms with Crippen molar-refractivity contribution in [3.05, 3.63) is 82.3 Å². The van der Waals surface area contributed by atoms with Gasteiger partial charge < -0.3 is 4.90 Å². The average Bonchev–Trinajstić information content (AvgIpc) is 3.16. The number of pyridine rings is 1. The van der Waals surface area contributed by atoms with Gasteiger partial charge in [-0.25, -0.2) is 9.50 Å². The number of rotatable bonds is 2. The minimum Gasteiger partial charge on any atom is -0.333 e. The van der Waals surface area contributed by atoms with Gasteiger partial charge in [0.1, 0.15) is 0 Å². The standard InChI is InChI=1S/C21H16BrN5O/c22-15-11-24-20-10-19(25-27(20)13-15)21(28)26-9-7-16-14(12-26)4-3-5-17(16)18-6-1-2-8-23-18/h1-6,8,10-11,13H,7,9,12H2. The summed E-state index contributed by atoms with van der Waals surface area (Å²) in [5.41, 5.74) is 5.61. The molecule has 3 aromatic heterocycles. The molecule has 0 N–H and O–H groups in total. The molecule has 5 rings (SSSR count). The smallest absolute Gasteiger partial charge is 0.274 e. The number of benzene rings is 1. The van der Waals surface area contributed by atoms with Gasteiger partial charge in [-0.15, -0.1) is 0 Å². The lowest BCUT2D eigenvalue weighted by Crippen LogP contribution is -2.36. The third kappa shape index (κ3) is 2.97. The second-order valence-corrected chi connectivity index (χ2v) is 7.66. The van der Waals surface area contributed by atoms with Crippen LogP contribution in [0, 0.1) is 0 Å². The number of hydrogen-bond acceptors (Lipinski definition) is 4. The highest BCUT2D eigenvalue weighted by Crippen LogP contribution is 2.29. The topological polar surface area (TPSA) is 63.4 Å². The molecule has 1 amide bonds. The lowest BCUT2D eigenvalue weighted by Gasteiger charge is -2.29. The number of hydrogen-bond donors (Lipinski definition) is 0. The molecule has 4 aromatic rings. The zero-order valence-electron chi connectivity index (χ0n) is 14.9. The van der Waals surface area contributed by atoms with E-state index in [9.17, 15) is 4.79 Å². The maximum absolute atomic E-state index is 13.0. The van der Waals surface area contributed by atoms with Gasteiger partial charge in [-0.3, -0.25) is 9.78 Å². The van der Waals surface area contributed by atoms with E-state index in [-0.39, 0.29) is 5.91 Å². The first kappa shape index (κ1) is 17.1. The summed E-state index contributed by atoms with van der Waals surface area (Å²) in [5.74, 6) is -0.0736. The summed E-state index contributed by atoms with van der Waals surface area (Å²) in [6, 6.07) is 13.9. The second kappa shape index (κ2) is 6.83. The lowest BCUT2D eigenvalue weighted by atomic mass is 9.92. The fourth-order valence-electron chi connectivity index (χ4n) is 3.67. The van der Waals surface area contributed by atoms with Crippen LogP contribution in [0.5, 0.6) is 0 Å². The van der Waals surface area contributed by atoms with E-state index < -0.39 is 0 Å². The van der Waals surface area contributed by atoms with Crippen molar-refractivity contribution in [3.8, 4) is 11.3 Å². The quantitative estimate of drug-likeness (QED) is 0.482. The van der Waals surface area contributed by atoms with Crippen molar-refractivity contribution < 1.29 is 4.79 Å². The van der Waals surface area contributed by atoms with Gasteiger partial charge in [-0.05, 0) is 45.6 Å². The van der Waals surface area contributed by atoms with E-state index in [1.165, 1.54) is 5.56 Å². The number of aromatic nitrogens is 4. The largest absolute Gasteiger partial charge is 0.333 e. The third-order valence-corrected chi connectivity index (χ3v) is 5.40. The van der Waals surface area contributed by atoms with Crippen LogP contribution in [0.1, 0.15) is 21.6 Å². The van der Waals surface area contributed by atoms with Crippen LogP contribution in [-0.4, -0.2) is 36.9 Å². The van der Waals surface area contributed by atoms with Gasteiger partial charge in [0, 0.05) is 43.3 Å². The Hall–Kier alpha value is -3.06. The Morgan fingerprint density at radius 2 is 2.04 bits per heavy atom. The Kier molecular flexibility index (Phi) is 4.16. The normalized spacial score (nSPS) is 13.5. The molecule has 0 saturated heterocycles. The molecule has 0 radical (unpaired) electrons. The number of fused-ring (bicyclic) bond motifs is 2. The fourth-order valence-corrected chi connectivity index (χ4v) is 3.96. The summed E-state index contributed by atoms with van der Waals surface area (Å²) in [5, 5.41) is 4.39. The highest BCUT2D eigenvalue weighted by molar-refractivity contribution is 9.10. The van der Waals surface area contributed by atoms with E-state index in [2.05, 4.69) is 43.1 Å². The van der Waals surface area contributed by atoms with Crippen LogP contribution in [0.25, 0.3) is 16.9 Å². The predicted octanol–water partition coefficient (Wildman–Crippen LogP) is 3.75. The first-order chi connectivity index (χ1) is 13.7. The van der Waals surface area contributed by atoms with Gasteiger partial charge in [-0.2, -0.15) is 5.10 Å². The van der Waals surface area contributed by atoms with Gasteiger partial charge >= 0.3 is 0 Å². The monoisotopic (exact) mass is 433 g/mol. The molecule has 1 aromatic carbocycles. The molecule has 6 nitrogen and oxygen atoms in total. The SMILES string of the molecule is O=C(c1cc2ncc(Br)cn2n1)N1CCc2c(cccc2-c2ccccn2)C1. The molecule has 0 fully saturated rings. The maximum atomic E-state index is 13.0. The van der Waals surface area contributed by atoms with Gasteiger partial charge in [0.2, 0.25) is 0 Å². The Morgan fingerprint density at radius 1 is 1.11 bits per heavy atom. The van der Waals surface area contributed by atoms with Gasteiger partial charge in [0.15, 0.2) is 11.3 Å². The molecule has 28 heavy (non-hydrogen) atoms. The van der Waals surface area contributed by atoms with E-state index in [0.29, 0.717) is 24.4 Å². The molecule has 0 bridgehead atoms. The van der Waals surface area contributed by atoms with E-state index in [1.807, 2.05) is 35.4 Å². The van der Waals surface area contributed by atoms with E-state index >= 15 is 0 Å². The zero-order valence-corrected chi connectivity index (χ0v) is 16.5. The summed E-state index contributed by atoms with van der Waals surface area (Å²) in [6.07, 6.45) is 6.10. The molecule has 0 unspecified atom stereocenters. The first-order valence-corrected chi connectivity index (χ1v) is 9.81. The molecule has 0 atom stereocenters. The van der Waals surface area contributed by atoms with Crippen molar-refractivity contribution in [1.82, 2.24) is 24.5 Å². The molecule has 7 heteroatoms. The summed E-state index contributed by atoms with van der Waals surface area (Å²) >= 11 is 3.38. The summed E-state index contributed by atoms with van der Waals surface area (Å²) in [6.45, 7) is 1.22. The Balaban J connectivity index is 1.44. The van der Waals surface area contributed by atoms with E-state index in [4.69, 9.17) is 0 Å². The van der Waals surface area contributed by atoms with Crippen molar-refractivity contribution in [2.24, 2.45) is 0 Å². The predicted molar refractivity (Wildman–Crippen MR) is 109 cm³/mol. The molecule has 1 aliphatic heterocycles. The average molecular weight is 434 g/mol. The molecule has 0 spiro atoms. The third-order valence-electron chi connectivity index (χ3n) is 4.99. The minimum absolute atomic E-state index is 0.0736. The number of amides is 1. The van der Waals surface area contributed by atoms with Crippen LogP contribution in [0.15, 0.2) is 65.5 Å². The van der Waals surface area contributed by atoms with E-state index in [0.717, 1.165) is 27.7 Å². The van der Waals surface area contributed by atoms with Crippen molar-refractivity contribution in [2.75, 3.05) is 6.54 Å². The van der Waals surface area contributed by atoms with Crippen LogP contribution in [0.2, 0.25) is 0 Å². The Morgan fingerprint density at radius 3 is 2.89 bits per heavy atom. The van der Waals surface area contributed by atoms with Crippen LogP contribution in [0.3, 0.4) is 0 Å². The minimum atomic E-state index is -0.0736. The fraction of sp³-hybridized carbons (Fsp3) is 0.143. The second-order valence-electron chi connectivity index (χ2n) is 6.74. The Bertz CT molecular complexity index is 1190. The zero-order chi connectivity index (χ0) is 19.1. The molecule has 0 saturated carbocycles. The number of nitrogens with zero attached hydrogens (tertiary/aromatic N) is 5. The maximum Gasteiger partial charge on any atom is 0.274 e. The summed E-state index contributed by atoms with van der Waals surface area (Å²) < 4.78 is 2.44. The van der Waals surface area contributed by atoms with E-state index in [1.54, 1.807) is 23.0 Å². The highest BCUT2D eigenvalue weighted by Gasteiger charge is 2.25. The molecular formula is C21H16BrN5O. The lowest BCUT2D eigenvalue weighted by molar-refractivity contribution is 0.0728. The summed E-state index contributed by atoms with van der Waals surface area (Å²) in [4.78, 5) is 23.6. The van der Waals surface area contributed by atoms with Crippen molar-refractivity contribution in [1.29, 1.82) is 0 Å². The van der Waals surface area contributed by atoms with Crippen molar-refractivity contribution in [2.45, 2.75) is 13.0 Å². The highest BCUT2D eigenvalue weighted by atomic mass is 79.9. The van der Waals surface area contributed by atoms with Gasteiger partial charge in [0.05, 0.1) is 10.2 Å². The van der Waals surface area contributed by atoms with Crippen molar-refractivity contribution >= 4 is 27.5 Å². The molecule has 138 valence electrons. The van der Waals surface area contributed by atoms with Crippen LogP contribution >= 0.6 is 15.9 Å². The number of halogens is 1. The van der Waals surface area contributed by atoms with Crippen LogP contribution in [-0.2, 0) is 13.0 Å². The van der Waals surface area contributed by atoms with Crippen LogP contribution in [0.4, 0.5) is 0 Å². The first-order valence-electron chi connectivity index (χ1n) is 9.01. The number of carbonyl (C=O) groups is 1. The Labute approximate surface area is 170 Å². The van der Waals surface area contributed by atoms with Crippen LogP contribution < -0.4 is 0 Å². The molecule has 0 aliphatic carbocycles. The molecule has 1 aliphatic rings. The summed E-state index contributed by atoms with van der Waals surface area (Å²) in [7, 11) is 0.